The van der Waals surface area contributed by atoms with Crippen LogP contribution < -0.4 is 14.8 Å². The molecule has 1 heterocycles. The number of carboxylic acids is 1. The number of carboxylic acid groups (broad SMARTS) is 1. The second-order valence-corrected chi connectivity index (χ2v) is 8.11. The lowest BCUT2D eigenvalue weighted by molar-refractivity contribution is 0.0691. The summed E-state index contributed by atoms with van der Waals surface area (Å²) in [7, 11) is 1.39. The molecule has 0 bridgehead atoms. The first-order chi connectivity index (χ1) is 16.0. The number of benzene rings is 3. The molecule has 0 fully saturated rings. The second kappa shape index (κ2) is 9.79. The summed E-state index contributed by atoms with van der Waals surface area (Å²) >= 11 is 1.16. The largest absolute Gasteiger partial charge is 0.496 e. The fourth-order valence-electron chi connectivity index (χ4n) is 3.42. The van der Waals surface area contributed by atoms with Crippen molar-refractivity contribution in [3.63, 3.8) is 0 Å². The maximum Gasteiger partial charge on any atom is 0.338 e. The number of rotatable bonds is 6. The highest BCUT2D eigenvalue weighted by Crippen LogP contribution is 2.33. The van der Waals surface area contributed by atoms with Crippen molar-refractivity contribution in [3.05, 3.63) is 82.5 Å². The van der Waals surface area contributed by atoms with Crippen LogP contribution in [0.5, 0.6) is 11.5 Å². The minimum absolute atomic E-state index is 0.242. The smallest absolute Gasteiger partial charge is 0.338 e. The third-order valence-corrected chi connectivity index (χ3v) is 5.86. The zero-order valence-corrected chi connectivity index (χ0v) is 18.5. The Morgan fingerprint density at radius 2 is 1.94 bits per heavy atom. The van der Waals surface area contributed by atoms with Gasteiger partial charge in [0.15, 0.2) is 0 Å². The minimum Gasteiger partial charge on any atom is -0.496 e. The van der Waals surface area contributed by atoms with Crippen molar-refractivity contribution >= 4 is 34.5 Å². The molecule has 33 heavy (non-hydrogen) atoms. The summed E-state index contributed by atoms with van der Waals surface area (Å²) in [5, 5.41) is 22.7. The normalized spacial score (nSPS) is 12.5. The van der Waals surface area contributed by atoms with Gasteiger partial charge in [0.05, 0.1) is 23.4 Å². The highest BCUT2D eigenvalue weighted by molar-refractivity contribution is 8.16. The van der Waals surface area contributed by atoms with Crippen molar-refractivity contribution in [2.75, 3.05) is 25.6 Å². The molecule has 0 saturated heterocycles. The molecule has 3 aromatic carbocycles. The van der Waals surface area contributed by atoms with Crippen LogP contribution in [0.25, 0.3) is 17.2 Å². The van der Waals surface area contributed by atoms with Gasteiger partial charge in [-0.15, -0.1) is 0 Å². The van der Waals surface area contributed by atoms with E-state index in [-0.39, 0.29) is 5.75 Å². The average Bonchev–Trinajstić information content (AvgIpc) is 2.83. The molecule has 0 atom stereocenters. The quantitative estimate of drug-likeness (QED) is 0.319. The molecule has 168 valence electrons. The Morgan fingerprint density at radius 1 is 1.18 bits per heavy atom. The molecular formula is C25H21FN2O4S. The predicted octanol–water partition coefficient (Wildman–Crippen LogP) is 5.73. The van der Waals surface area contributed by atoms with Crippen molar-refractivity contribution in [1.82, 2.24) is 0 Å². The Bertz CT molecular complexity index is 1240. The van der Waals surface area contributed by atoms with Crippen LogP contribution in [-0.2, 0) is 0 Å². The predicted molar refractivity (Wildman–Crippen MR) is 129 cm³/mol. The highest BCUT2D eigenvalue weighted by atomic mass is 32.2. The molecule has 0 saturated carbocycles. The number of carbonyl (C=O) groups is 1. The van der Waals surface area contributed by atoms with Gasteiger partial charge in [0.25, 0.3) is 0 Å². The summed E-state index contributed by atoms with van der Waals surface area (Å²) in [5.74, 6) is -1.12. The first-order valence-corrected chi connectivity index (χ1v) is 11.0. The van der Waals surface area contributed by atoms with Gasteiger partial charge in [-0.25, -0.2) is 9.18 Å². The number of anilines is 1. The Morgan fingerprint density at radius 3 is 2.67 bits per heavy atom. The minimum atomic E-state index is -1.36. The first kappa shape index (κ1) is 22.4. The highest BCUT2D eigenvalue weighted by Gasteiger charge is 2.15. The molecule has 0 spiro atoms. The molecular weight excluding hydrogens is 443 g/mol. The lowest BCUT2D eigenvalue weighted by Crippen LogP contribution is -2.17. The molecule has 1 aliphatic heterocycles. The Balaban J connectivity index is 1.45. The van der Waals surface area contributed by atoms with Crippen LogP contribution in [0.15, 0.2) is 60.0 Å². The summed E-state index contributed by atoms with van der Waals surface area (Å²) in [6, 6.07) is 15.9. The Labute approximate surface area is 194 Å². The molecule has 3 N–H and O–H groups in total. The fraction of sp³-hybridized carbons (Fsp3) is 0.120. The van der Waals surface area contributed by atoms with E-state index >= 15 is 0 Å². The van der Waals surface area contributed by atoms with E-state index in [4.69, 9.17) is 20.0 Å². The molecule has 4 rings (SSSR count). The van der Waals surface area contributed by atoms with Crippen LogP contribution in [0, 0.1) is 11.2 Å². The summed E-state index contributed by atoms with van der Waals surface area (Å²) in [6.07, 6.45) is 1.59. The van der Waals surface area contributed by atoms with Crippen molar-refractivity contribution < 1.29 is 23.8 Å². The van der Waals surface area contributed by atoms with Gasteiger partial charge in [-0.1, -0.05) is 42.1 Å². The number of nitrogens with one attached hydrogen (secondary N) is 2. The van der Waals surface area contributed by atoms with E-state index in [1.165, 1.54) is 7.11 Å². The van der Waals surface area contributed by atoms with Gasteiger partial charge in [-0.05, 0) is 46.9 Å². The molecule has 1 aliphatic rings. The van der Waals surface area contributed by atoms with Crippen molar-refractivity contribution in [1.29, 1.82) is 5.41 Å². The lowest BCUT2D eigenvalue weighted by atomic mass is 10.0. The van der Waals surface area contributed by atoms with Crippen LogP contribution in [0.4, 0.5) is 10.1 Å². The van der Waals surface area contributed by atoms with E-state index in [1.807, 2.05) is 36.4 Å². The van der Waals surface area contributed by atoms with Gasteiger partial charge in [-0.3, -0.25) is 5.41 Å². The van der Waals surface area contributed by atoms with Crippen molar-refractivity contribution in [2.45, 2.75) is 0 Å². The third kappa shape index (κ3) is 5.01. The summed E-state index contributed by atoms with van der Waals surface area (Å²) < 4.78 is 24.8. The summed E-state index contributed by atoms with van der Waals surface area (Å²) in [6.45, 7) is 1.43. The number of thioether (sulfide) groups is 1. The molecule has 6 nitrogen and oxygen atoms in total. The van der Waals surface area contributed by atoms with E-state index in [9.17, 15) is 9.18 Å². The monoisotopic (exact) mass is 464 g/mol. The number of halogens is 1. The van der Waals surface area contributed by atoms with Gasteiger partial charge in [0.2, 0.25) is 0 Å². The van der Waals surface area contributed by atoms with Gasteiger partial charge in [0.1, 0.15) is 23.9 Å². The zero-order chi connectivity index (χ0) is 23.4. The fourth-order valence-corrected chi connectivity index (χ4v) is 4.04. The van der Waals surface area contributed by atoms with E-state index in [2.05, 4.69) is 11.4 Å². The van der Waals surface area contributed by atoms with Gasteiger partial charge >= 0.3 is 5.97 Å². The van der Waals surface area contributed by atoms with E-state index in [0.717, 1.165) is 58.6 Å². The maximum atomic E-state index is 14.0. The molecule has 3 aromatic rings. The second-order valence-electron chi connectivity index (χ2n) is 7.19. The summed E-state index contributed by atoms with van der Waals surface area (Å²) in [5.41, 5.74) is 3.73. The lowest BCUT2D eigenvalue weighted by Gasteiger charge is -2.19. The molecule has 0 amide bonds. The number of methoxy groups -OCH3 is 1. The number of ether oxygens (including phenoxy) is 2. The average molecular weight is 465 g/mol. The van der Waals surface area contributed by atoms with Crippen LogP contribution in [0.1, 0.15) is 21.5 Å². The number of hydrogen-bond acceptors (Lipinski definition) is 6. The van der Waals surface area contributed by atoms with E-state index in [0.29, 0.717) is 17.2 Å². The van der Waals surface area contributed by atoms with Crippen LogP contribution >= 0.6 is 11.8 Å². The third-order valence-electron chi connectivity index (χ3n) is 5.12. The van der Waals surface area contributed by atoms with Crippen LogP contribution in [0.3, 0.4) is 0 Å². The topological polar surface area (TPSA) is 91.6 Å². The molecule has 0 unspecified atom stereocenters. The van der Waals surface area contributed by atoms with Crippen molar-refractivity contribution in [3.8, 4) is 22.6 Å². The molecule has 0 aliphatic carbocycles. The van der Waals surface area contributed by atoms with Crippen molar-refractivity contribution in [2.24, 2.45) is 0 Å². The number of hydrogen-bond donors (Lipinski definition) is 3. The molecule has 0 aromatic heterocycles. The van der Waals surface area contributed by atoms with E-state index in [1.54, 1.807) is 11.5 Å². The maximum absolute atomic E-state index is 14.0. The summed E-state index contributed by atoms with van der Waals surface area (Å²) in [4.78, 5) is 11.1. The van der Waals surface area contributed by atoms with Crippen LogP contribution in [0.2, 0.25) is 0 Å². The Kier molecular flexibility index (Phi) is 6.65. The van der Waals surface area contributed by atoms with Crippen LogP contribution in [-0.4, -0.2) is 36.4 Å². The first-order valence-electron chi connectivity index (χ1n) is 10.1. The van der Waals surface area contributed by atoms with Gasteiger partial charge < -0.3 is 19.9 Å². The van der Waals surface area contributed by atoms with E-state index < -0.39 is 17.3 Å². The standard InChI is InChI=1S/C25H21FN2O4S/c1-31-23-14-19(25(29)30)20(26)12-18(23)8-11-33-24(27)16-4-2-15(3-5-16)17-6-7-22-21(13-17)28-9-10-32-22/h2-8,11-14,27-28H,9-10H2,1H3,(H,29,30)/b11-8+,27-24?. The molecule has 0 radical (unpaired) electrons. The SMILES string of the molecule is COc1cc(C(=O)O)c(F)cc1/C=C/SC(=N)c1ccc(-c2ccc3c(c2)NCCO3)cc1. The number of aromatic carboxylic acids is 1. The molecule has 8 heteroatoms. The van der Waals surface area contributed by atoms with Gasteiger partial charge in [-0.2, -0.15) is 0 Å². The van der Waals surface area contributed by atoms with Gasteiger partial charge in [0, 0.05) is 17.7 Å². The number of fused-ring (bicyclic) bond motifs is 1. The zero-order valence-electron chi connectivity index (χ0n) is 17.7. The Hall–Kier alpha value is -3.78.